The average Bonchev–Trinajstić information content (AvgIpc) is 2.55. The first-order valence-corrected chi connectivity index (χ1v) is 6.56. The Bertz CT molecular complexity index is 411. The van der Waals surface area contributed by atoms with Crippen molar-refractivity contribution in [3.05, 3.63) is 28.8 Å². The normalized spacial score (nSPS) is 19.6. The zero-order chi connectivity index (χ0) is 12.6. The average molecular weight is 254 g/mol. The van der Waals surface area contributed by atoms with E-state index in [1.807, 2.05) is 26.0 Å². The summed E-state index contributed by atoms with van der Waals surface area (Å²) in [4.78, 5) is 2.33. The molecule has 0 saturated heterocycles. The fraction of sp³-hybridized carbons (Fsp3) is 0.571. The number of likely N-dealkylation sites (N-methyl/N-ethyl adjacent to an activating group) is 1. The zero-order valence-corrected chi connectivity index (χ0v) is 11.5. The third-order valence-electron chi connectivity index (χ3n) is 3.35. The summed E-state index contributed by atoms with van der Waals surface area (Å²) in [5, 5.41) is 10.8. The second-order valence-electron chi connectivity index (χ2n) is 5.42. The summed E-state index contributed by atoms with van der Waals surface area (Å²) in [5.74, 6) is 0.332. The van der Waals surface area contributed by atoms with Crippen LogP contribution in [0, 0.1) is 0 Å². The molecule has 1 aliphatic rings. The highest BCUT2D eigenvalue weighted by Crippen LogP contribution is 2.43. The van der Waals surface area contributed by atoms with Gasteiger partial charge in [0, 0.05) is 29.7 Å². The van der Waals surface area contributed by atoms with Gasteiger partial charge in [-0.05, 0) is 44.9 Å². The molecule has 1 aromatic carbocycles. The van der Waals surface area contributed by atoms with Gasteiger partial charge in [0.2, 0.25) is 0 Å². The summed E-state index contributed by atoms with van der Waals surface area (Å²) >= 11 is 6.31. The van der Waals surface area contributed by atoms with E-state index in [1.54, 1.807) is 0 Å². The van der Waals surface area contributed by atoms with Gasteiger partial charge in [-0.25, -0.2) is 0 Å². The van der Waals surface area contributed by atoms with Gasteiger partial charge in [-0.2, -0.15) is 0 Å². The van der Waals surface area contributed by atoms with E-state index in [9.17, 15) is 5.11 Å². The van der Waals surface area contributed by atoms with Crippen molar-refractivity contribution in [1.29, 1.82) is 0 Å². The van der Waals surface area contributed by atoms with Crippen LogP contribution in [0.2, 0.25) is 5.02 Å². The van der Waals surface area contributed by atoms with Gasteiger partial charge in [0.1, 0.15) is 0 Å². The number of anilines is 1. The van der Waals surface area contributed by atoms with E-state index in [4.69, 9.17) is 11.6 Å². The number of rotatable bonds is 3. The maximum atomic E-state index is 9.99. The summed E-state index contributed by atoms with van der Waals surface area (Å²) in [5.41, 5.74) is 1.79. The van der Waals surface area contributed by atoms with Crippen LogP contribution in [0.1, 0.15) is 38.7 Å². The minimum absolute atomic E-state index is 0.332. The molecule has 2 rings (SSSR count). The summed E-state index contributed by atoms with van der Waals surface area (Å²) in [6.45, 7) is 7.81. The quantitative estimate of drug-likeness (QED) is 0.892. The van der Waals surface area contributed by atoms with Gasteiger partial charge in [-0.15, -0.1) is 0 Å². The summed E-state index contributed by atoms with van der Waals surface area (Å²) in [6.07, 6.45) is 0.750. The Balaban J connectivity index is 2.35. The second kappa shape index (κ2) is 4.51. The molecule has 0 aliphatic carbocycles. The van der Waals surface area contributed by atoms with Crippen LogP contribution in [0.15, 0.2) is 18.2 Å². The van der Waals surface area contributed by atoms with E-state index in [1.165, 1.54) is 11.3 Å². The molecular formula is C14H20ClNO. The highest BCUT2D eigenvalue weighted by Gasteiger charge is 2.33. The molecular weight excluding hydrogens is 234 g/mol. The monoisotopic (exact) mass is 253 g/mol. The zero-order valence-electron chi connectivity index (χ0n) is 10.7. The molecule has 1 N–H and O–H groups in total. The van der Waals surface area contributed by atoms with E-state index >= 15 is 0 Å². The van der Waals surface area contributed by atoms with Gasteiger partial charge in [-0.1, -0.05) is 17.7 Å². The minimum atomic E-state index is -0.648. The smallest absolute Gasteiger partial charge is 0.0598 e. The molecule has 0 spiro atoms. The molecule has 17 heavy (non-hydrogen) atoms. The molecule has 0 bridgehead atoms. The number of halogens is 1. The topological polar surface area (TPSA) is 23.5 Å². The van der Waals surface area contributed by atoms with Crippen LogP contribution < -0.4 is 4.90 Å². The lowest BCUT2D eigenvalue weighted by Gasteiger charge is -2.23. The van der Waals surface area contributed by atoms with Crippen molar-refractivity contribution in [3.8, 4) is 0 Å². The van der Waals surface area contributed by atoms with Gasteiger partial charge < -0.3 is 10.0 Å². The Morgan fingerprint density at radius 1 is 1.47 bits per heavy atom. The van der Waals surface area contributed by atoms with Crippen LogP contribution >= 0.6 is 11.6 Å². The van der Waals surface area contributed by atoms with Crippen LogP contribution in [0.25, 0.3) is 0 Å². The lowest BCUT2D eigenvalue weighted by molar-refractivity contribution is 0.0644. The molecule has 1 atom stereocenters. The predicted octanol–water partition coefficient (Wildman–Crippen LogP) is 3.42. The number of benzene rings is 1. The Hall–Kier alpha value is -0.730. The van der Waals surface area contributed by atoms with Gasteiger partial charge >= 0.3 is 0 Å². The number of aliphatic hydroxyl groups is 1. The van der Waals surface area contributed by atoms with Crippen molar-refractivity contribution < 1.29 is 5.11 Å². The molecule has 2 nitrogen and oxygen atoms in total. The molecule has 1 heterocycles. The fourth-order valence-electron chi connectivity index (χ4n) is 2.73. The van der Waals surface area contributed by atoms with E-state index < -0.39 is 5.60 Å². The maximum Gasteiger partial charge on any atom is 0.0598 e. The predicted molar refractivity (Wildman–Crippen MR) is 73.0 cm³/mol. The van der Waals surface area contributed by atoms with Crippen molar-refractivity contribution in [3.63, 3.8) is 0 Å². The van der Waals surface area contributed by atoms with Crippen LogP contribution in [-0.4, -0.2) is 23.8 Å². The number of nitrogens with zero attached hydrogens (tertiary/aromatic N) is 1. The summed E-state index contributed by atoms with van der Waals surface area (Å²) in [7, 11) is 0. The number of hydrogen-bond acceptors (Lipinski definition) is 2. The van der Waals surface area contributed by atoms with Gasteiger partial charge in [0.25, 0.3) is 0 Å². The molecule has 0 radical (unpaired) electrons. The summed E-state index contributed by atoms with van der Waals surface area (Å²) < 4.78 is 0. The maximum absolute atomic E-state index is 9.99. The molecule has 0 aromatic heterocycles. The lowest BCUT2D eigenvalue weighted by atomic mass is 9.89. The molecule has 0 saturated carbocycles. The minimum Gasteiger partial charge on any atom is -0.390 e. The van der Waals surface area contributed by atoms with Crippen molar-refractivity contribution in [2.24, 2.45) is 0 Å². The van der Waals surface area contributed by atoms with Crippen molar-refractivity contribution >= 4 is 17.3 Å². The molecule has 0 amide bonds. The molecule has 1 unspecified atom stereocenters. The lowest BCUT2D eigenvalue weighted by Crippen LogP contribution is -2.26. The van der Waals surface area contributed by atoms with Crippen LogP contribution in [0.3, 0.4) is 0 Å². The van der Waals surface area contributed by atoms with Gasteiger partial charge in [-0.3, -0.25) is 0 Å². The first-order valence-electron chi connectivity index (χ1n) is 6.18. The first-order chi connectivity index (χ1) is 7.92. The standard InChI is InChI=1S/C14H20ClNO/c1-4-16-9-10(8-14(2,3)17)13-11(15)6-5-7-12(13)16/h5-7,10,17H,4,8-9H2,1-3H3. The highest BCUT2D eigenvalue weighted by atomic mass is 35.5. The first kappa shape index (κ1) is 12.7. The van der Waals surface area contributed by atoms with E-state index in [0.29, 0.717) is 5.92 Å². The largest absolute Gasteiger partial charge is 0.390 e. The third-order valence-corrected chi connectivity index (χ3v) is 3.68. The van der Waals surface area contributed by atoms with Crippen molar-refractivity contribution in [2.45, 2.75) is 38.7 Å². The number of fused-ring (bicyclic) bond motifs is 1. The van der Waals surface area contributed by atoms with E-state index in [-0.39, 0.29) is 0 Å². The SMILES string of the molecule is CCN1CC(CC(C)(C)O)c2c(Cl)cccc21. The van der Waals surface area contributed by atoms with Gasteiger partial charge in [0.15, 0.2) is 0 Å². The molecule has 1 aromatic rings. The van der Waals surface area contributed by atoms with E-state index in [2.05, 4.69) is 17.9 Å². The Morgan fingerprint density at radius 2 is 2.18 bits per heavy atom. The Kier molecular flexibility index (Phi) is 3.37. The third kappa shape index (κ3) is 2.58. The second-order valence-corrected chi connectivity index (χ2v) is 5.83. The van der Waals surface area contributed by atoms with Crippen LogP contribution in [-0.2, 0) is 0 Å². The number of hydrogen-bond donors (Lipinski definition) is 1. The molecule has 94 valence electrons. The molecule has 3 heteroatoms. The van der Waals surface area contributed by atoms with Crippen LogP contribution in [0.5, 0.6) is 0 Å². The molecule has 1 aliphatic heterocycles. The Morgan fingerprint density at radius 3 is 2.76 bits per heavy atom. The highest BCUT2D eigenvalue weighted by molar-refractivity contribution is 6.32. The van der Waals surface area contributed by atoms with Gasteiger partial charge in [0.05, 0.1) is 5.60 Å². The van der Waals surface area contributed by atoms with Crippen molar-refractivity contribution in [2.75, 3.05) is 18.0 Å². The summed E-state index contributed by atoms with van der Waals surface area (Å²) in [6, 6.07) is 6.06. The Labute approximate surface area is 108 Å². The van der Waals surface area contributed by atoms with E-state index in [0.717, 1.165) is 24.5 Å². The van der Waals surface area contributed by atoms with Crippen LogP contribution in [0.4, 0.5) is 5.69 Å². The van der Waals surface area contributed by atoms with Crippen molar-refractivity contribution in [1.82, 2.24) is 0 Å². The molecule has 0 fully saturated rings. The fourth-order valence-corrected chi connectivity index (χ4v) is 3.05.